The number of nitrogens with zero attached hydrogens (tertiary/aromatic N) is 4. The molecule has 3 rings (SSSR count). The average Bonchev–Trinajstić information content (AvgIpc) is 3.00. The number of sulfone groups is 1. The minimum absolute atomic E-state index is 0.0877. The Morgan fingerprint density at radius 1 is 1.06 bits per heavy atom. The number of amides is 1. The van der Waals surface area contributed by atoms with Crippen molar-refractivity contribution in [2.75, 3.05) is 17.4 Å². The van der Waals surface area contributed by atoms with Gasteiger partial charge >= 0.3 is 10.4 Å². The molecule has 2 aromatic rings. The second-order valence-electron chi connectivity index (χ2n) is 6.41. The molecule has 0 saturated carbocycles. The zero-order chi connectivity index (χ0) is 22.6. The second-order valence-corrected chi connectivity index (χ2v) is 9.61. The van der Waals surface area contributed by atoms with Crippen molar-refractivity contribution in [2.24, 2.45) is 15.3 Å². The smallest absolute Gasteiger partial charge is 0.269 e. The Morgan fingerprint density at radius 3 is 2.32 bits per heavy atom. The summed E-state index contributed by atoms with van der Waals surface area (Å²) in [5, 5.41) is 13.5. The predicted octanol–water partition coefficient (Wildman–Crippen LogP) is 2.15. The fraction of sp³-hybridized carbons (Fsp3) is 0.222. The molecule has 1 unspecified atom stereocenters. The van der Waals surface area contributed by atoms with Crippen molar-refractivity contribution in [1.82, 2.24) is 0 Å². The largest absolute Gasteiger partial charge is 0.397 e. The SMILES string of the molecule is CC1=NN(c2ccccc2)C(=O)C1N=Nc1ccc(S(=O)(=O)CCOS(=O)(=O)O)cc1. The first-order valence-corrected chi connectivity index (χ1v) is 11.9. The summed E-state index contributed by atoms with van der Waals surface area (Å²) in [6.45, 7) is 0.942. The van der Waals surface area contributed by atoms with Crippen LogP contribution >= 0.6 is 0 Å². The van der Waals surface area contributed by atoms with Crippen LogP contribution in [0.25, 0.3) is 0 Å². The monoisotopic (exact) mass is 466 g/mol. The summed E-state index contributed by atoms with van der Waals surface area (Å²) in [5.41, 5.74) is 1.39. The van der Waals surface area contributed by atoms with Crippen molar-refractivity contribution in [3.63, 3.8) is 0 Å². The molecule has 0 bridgehead atoms. The molecular weight excluding hydrogens is 448 g/mol. The van der Waals surface area contributed by atoms with Crippen LogP contribution in [0.5, 0.6) is 0 Å². The molecule has 0 aliphatic carbocycles. The van der Waals surface area contributed by atoms with Crippen molar-refractivity contribution in [3.8, 4) is 0 Å². The summed E-state index contributed by atoms with van der Waals surface area (Å²) in [6, 6.07) is 13.3. The highest BCUT2D eigenvalue weighted by molar-refractivity contribution is 7.91. The van der Waals surface area contributed by atoms with Crippen LogP contribution < -0.4 is 5.01 Å². The quantitative estimate of drug-likeness (QED) is 0.461. The van der Waals surface area contributed by atoms with Gasteiger partial charge in [0.05, 0.1) is 34.3 Å². The van der Waals surface area contributed by atoms with E-state index in [1.165, 1.54) is 29.3 Å². The maximum Gasteiger partial charge on any atom is 0.397 e. The van der Waals surface area contributed by atoms with Gasteiger partial charge in [0.2, 0.25) is 0 Å². The third kappa shape index (κ3) is 5.79. The molecule has 1 atom stereocenters. The third-order valence-corrected chi connectivity index (χ3v) is 6.32. The number of hydrazone groups is 1. The molecule has 0 aromatic heterocycles. The Morgan fingerprint density at radius 2 is 1.71 bits per heavy atom. The average molecular weight is 466 g/mol. The molecule has 1 heterocycles. The van der Waals surface area contributed by atoms with Gasteiger partial charge in [-0.15, -0.1) is 0 Å². The first kappa shape index (κ1) is 22.7. The van der Waals surface area contributed by atoms with E-state index < -0.39 is 38.6 Å². The van der Waals surface area contributed by atoms with Crippen LogP contribution in [-0.4, -0.2) is 51.4 Å². The number of rotatable bonds is 8. The number of benzene rings is 2. The number of anilines is 1. The van der Waals surface area contributed by atoms with E-state index in [1.807, 2.05) is 6.07 Å². The number of hydrogen-bond acceptors (Lipinski definition) is 9. The van der Waals surface area contributed by atoms with Gasteiger partial charge in [-0.1, -0.05) is 18.2 Å². The van der Waals surface area contributed by atoms with E-state index in [0.717, 1.165) is 0 Å². The zero-order valence-corrected chi connectivity index (χ0v) is 17.8. The van der Waals surface area contributed by atoms with Crippen LogP contribution in [0.15, 0.2) is 74.8 Å². The van der Waals surface area contributed by atoms with Gasteiger partial charge in [0, 0.05) is 0 Å². The Balaban J connectivity index is 1.67. The molecule has 11 nitrogen and oxygen atoms in total. The first-order valence-electron chi connectivity index (χ1n) is 8.86. The third-order valence-electron chi connectivity index (χ3n) is 4.17. The summed E-state index contributed by atoms with van der Waals surface area (Å²) >= 11 is 0. The molecule has 1 aliphatic heterocycles. The molecule has 1 aliphatic rings. The maximum atomic E-state index is 12.6. The van der Waals surface area contributed by atoms with Crippen molar-refractivity contribution in [3.05, 3.63) is 54.6 Å². The van der Waals surface area contributed by atoms with Gasteiger partial charge < -0.3 is 0 Å². The molecule has 0 saturated heterocycles. The molecule has 0 radical (unpaired) electrons. The molecule has 31 heavy (non-hydrogen) atoms. The molecular formula is C18H18N4O7S2. The predicted molar refractivity (Wildman–Crippen MR) is 111 cm³/mol. The van der Waals surface area contributed by atoms with Crippen LogP contribution in [-0.2, 0) is 29.2 Å². The van der Waals surface area contributed by atoms with E-state index in [4.69, 9.17) is 4.55 Å². The summed E-state index contributed by atoms with van der Waals surface area (Å²) in [5.74, 6) is -1.000. The lowest BCUT2D eigenvalue weighted by atomic mass is 10.2. The standard InChI is InChI=1S/C18H18N4O7S2/c1-13-17(18(23)22(21-13)15-5-3-2-4-6-15)20-19-14-7-9-16(10-8-14)30(24,25)12-11-29-31(26,27)28/h2-10,17H,11-12H2,1H3,(H,26,27,28). The van der Waals surface area contributed by atoms with E-state index in [9.17, 15) is 21.6 Å². The van der Waals surface area contributed by atoms with Gasteiger partial charge in [-0.05, 0) is 43.3 Å². The minimum atomic E-state index is -4.71. The number of para-hydroxylation sites is 1. The first-order chi connectivity index (χ1) is 14.6. The molecule has 2 aromatic carbocycles. The van der Waals surface area contributed by atoms with E-state index in [-0.39, 0.29) is 10.8 Å². The normalized spacial score (nSPS) is 17.4. The summed E-state index contributed by atoms with van der Waals surface area (Å²) < 4.78 is 57.9. The van der Waals surface area contributed by atoms with Crippen molar-refractivity contribution < 1.29 is 30.4 Å². The molecule has 0 spiro atoms. The minimum Gasteiger partial charge on any atom is -0.269 e. The molecule has 1 amide bonds. The number of azo groups is 1. The number of hydrogen-bond donors (Lipinski definition) is 1. The summed E-state index contributed by atoms with van der Waals surface area (Å²) in [7, 11) is -8.55. The van der Waals surface area contributed by atoms with E-state index >= 15 is 0 Å². The van der Waals surface area contributed by atoms with Gasteiger partial charge in [-0.3, -0.25) is 9.35 Å². The molecule has 0 fully saturated rings. The lowest BCUT2D eigenvalue weighted by Crippen LogP contribution is -2.29. The van der Waals surface area contributed by atoms with Crippen LogP contribution in [0.2, 0.25) is 0 Å². The topological polar surface area (TPSA) is 155 Å². The fourth-order valence-corrected chi connectivity index (χ4v) is 4.14. The molecule has 1 N–H and O–H groups in total. The van der Waals surface area contributed by atoms with Crippen LogP contribution in [0.3, 0.4) is 0 Å². The number of carbonyl (C=O) groups excluding carboxylic acids is 1. The highest BCUT2D eigenvalue weighted by atomic mass is 32.3. The lowest BCUT2D eigenvalue weighted by Gasteiger charge is -2.11. The second kappa shape index (κ2) is 9.01. The lowest BCUT2D eigenvalue weighted by molar-refractivity contribution is -0.117. The molecule has 164 valence electrons. The molecule has 13 heteroatoms. The highest BCUT2D eigenvalue weighted by Crippen LogP contribution is 2.24. The van der Waals surface area contributed by atoms with Gasteiger partial charge in [0.15, 0.2) is 15.9 Å². The Hall–Kier alpha value is -3.00. The van der Waals surface area contributed by atoms with Gasteiger partial charge in [0.25, 0.3) is 5.91 Å². The van der Waals surface area contributed by atoms with Crippen molar-refractivity contribution >= 4 is 43.2 Å². The summed E-state index contributed by atoms with van der Waals surface area (Å²) in [6.07, 6.45) is 0. The Kier molecular flexibility index (Phi) is 6.59. The number of carbonyl (C=O) groups is 1. The Labute approximate surface area is 178 Å². The van der Waals surface area contributed by atoms with Gasteiger partial charge in [-0.25, -0.2) is 12.6 Å². The van der Waals surface area contributed by atoms with Gasteiger partial charge in [-0.2, -0.15) is 28.8 Å². The van der Waals surface area contributed by atoms with E-state index in [0.29, 0.717) is 17.1 Å². The van der Waals surface area contributed by atoms with E-state index in [2.05, 4.69) is 19.5 Å². The maximum absolute atomic E-state index is 12.6. The highest BCUT2D eigenvalue weighted by Gasteiger charge is 2.34. The van der Waals surface area contributed by atoms with E-state index in [1.54, 1.807) is 31.2 Å². The van der Waals surface area contributed by atoms with Crippen molar-refractivity contribution in [1.29, 1.82) is 0 Å². The fourth-order valence-electron chi connectivity index (χ4n) is 2.65. The summed E-state index contributed by atoms with van der Waals surface area (Å²) in [4.78, 5) is 12.5. The van der Waals surface area contributed by atoms with Crippen LogP contribution in [0.1, 0.15) is 6.92 Å². The van der Waals surface area contributed by atoms with Crippen LogP contribution in [0, 0.1) is 0 Å². The van der Waals surface area contributed by atoms with Gasteiger partial charge in [0.1, 0.15) is 0 Å². The van der Waals surface area contributed by atoms with Crippen LogP contribution in [0.4, 0.5) is 11.4 Å². The zero-order valence-electron chi connectivity index (χ0n) is 16.2. The Bertz CT molecular complexity index is 1230. The van der Waals surface area contributed by atoms with Crippen molar-refractivity contribution in [2.45, 2.75) is 17.9 Å².